The zero-order chi connectivity index (χ0) is 39.9. The molecule has 0 heterocycles. The Balaban J connectivity index is 0.932. The molecule has 8 aromatic carbocycles. The fourth-order valence-corrected chi connectivity index (χ4v) is 10.2. The Morgan fingerprint density at radius 1 is 0.433 bits per heavy atom. The number of anilines is 1. The normalized spacial score (nSPS) is 17.2. The first kappa shape index (κ1) is 35.9. The molecule has 0 radical (unpaired) electrons. The van der Waals surface area contributed by atoms with Crippen molar-refractivity contribution in [2.45, 2.75) is 30.3 Å². The van der Waals surface area contributed by atoms with Crippen molar-refractivity contribution in [1.82, 2.24) is 0 Å². The second-order valence-electron chi connectivity index (χ2n) is 16.3. The van der Waals surface area contributed by atoms with E-state index in [2.05, 4.69) is 242 Å². The fourth-order valence-electron chi connectivity index (χ4n) is 10.2. The molecule has 0 aliphatic heterocycles. The molecule has 0 saturated carbocycles. The lowest BCUT2D eigenvalue weighted by Crippen LogP contribution is -2.42. The number of fused-ring (bicyclic) bond motifs is 4. The van der Waals surface area contributed by atoms with Gasteiger partial charge in [0.25, 0.3) is 0 Å². The quantitative estimate of drug-likeness (QED) is 0.149. The standard InChI is InChI=1S/C59H45N/c1-4-20-49(21-5-1)59(50-22-6-2-7-23-50)56-28-13-12-26-55(56)58-54(27-15-29-57(58)59)44-34-38-53(39-35-44)60(51-24-8-3-9-25-51)52-36-32-43(33-37-52)46-18-14-19-47(40-46)48-31-30-42-16-10-11-17-45(42)41-48/h1-24,26-36,38-41,51-52H,25,37H2. The maximum absolute atomic E-state index is 2.62. The summed E-state index contributed by atoms with van der Waals surface area (Å²) in [6.45, 7) is 0. The summed E-state index contributed by atoms with van der Waals surface area (Å²) in [7, 11) is 0. The van der Waals surface area contributed by atoms with Crippen LogP contribution in [0.4, 0.5) is 5.69 Å². The molecule has 0 saturated heterocycles. The maximum Gasteiger partial charge on any atom is 0.0713 e. The van der Waals surface area contributed by atoms with Gasteiger partial charge in [0.1, 0.15) is 0 Å². The zero-order valence-electron chi connectivity index (χ0n) is 33.5. The van der Waals surface area contributed by atoms with Crippen LogP contribution >= 0.6 is 0 Å². The number of nitrogens with zero attached hydrogens (tertiary/aromatic N) is 1. The molecule has 8 aromatic rings. The molecule has 0 N–H and O–H groups in total. The Morgan fingerprint density at radius 3 is 1.82 bits per heavy atom. The molecule has 0 aromatic heterocycles. The molecule has 2 unspecified atom stereocenters. The third-order valence-corrected chi connectivity index (χ3v) is 13.0. The highest BCUT2D eigenvalue weighted by atomic mass is 15.2. The number of allylic oxidation sites excluding steroid dienone is 4. The lowest BCUT2D eigenvalue weighted by Gasteiger charge is -2.39. The average molecular weight is 768 g/mol. The molecule has 1 nitrogen and oxygen atoms in total. The second-order valence-corrected chi connectivity index (χ2v) is 16.3. The van der Waals surface area contributed by atoms with Crippen molar-refractivity contribution >= 4 is 22.0 Å². The van der Waals surface area contributed by atoms with Crippen LogP contribution < -0.4 is 4.90 Å². The number of rotatable bonds is 8. The Morgan fingerprint density at radius 2 is 1.07 bits per heavy atom. The van der Waals surface area contributed by atoms with Crippen LogP contribution in [0.3, 0.4) is 0 Å². The Labute approximate surface area is 353 Å². The molecule has 3 aliphatic rings. The lowest BCUT2D eigenvalue weighted by atomic mass is 9.67. The molecule has 0 bridgehead atoms. The molecular weight excluding hydrogens is 723 g/mol. The second kappa shape index (κ2) is 15.2. The smallest absolute Gasteiger partial charge is 0.0713 e. The highest BCUT2D eigenvalue weighted by Crippen LogP contribution is 2.58. The van der Waals surface area contributed by atoms with Gasteiger partial charge >= 0.3 is 0 Å². The minimum Gasteiger partial charge on any atom is -0.358 e. The number of benzene rings is 8. The first-order valence-electron chi connectivity index (χ1n) is 21.3. The summed E-state index contributed by atoms with van der Waals surface area (Å²) in [6.07, 6.45) is 18.2. The first-order chi connectivity index (χ1) is 29.8. The van der Waals surface area contributed by atoms with E-state index in [9.17, 15) is 0 Å². The van der Waals surface area contributed by atoms with Crippen molar-refractivity contribution in [3.8, 4) is 33.4 Å². The van der Waals surface area contributed by atoms with Gasteiger partial charge in [-0.15, -0.1) is 0 Å². The third-order valence-electron chi connectivity index (χ3n) is 13.0. The predicted molar refractivity (Wildman–Crippen MR) is 253 cm³/mol. The largest absolute Gasteiger partial charge is 0.358 e. The van der Waals surface area contributed by atoms with Gasteiger partial charge in [-0.25, -0.2) is 0 Å². The van der Waals surface area contributed by atoms with Gasteiger partial charge in [0.15, 0.2) is 0 Å². The summed E-state index contributed by atoms with van der Waals surface area (Å²) < 4.78 is 0. The number of hydrogen-bond donors (Lipinski definition) is 0. The SMILES string of the molecule is C1=CCC(N(c2ccc(-c3cccc4c3-c3ccccc3C4(c3ccccc3)c3ccccc3)cc2)C2C=CC(c3cccc(-c4ccc5ccccc5c4)c3)=CC2)C=C1. The van der Waals surface area contributed by atoms with Crippen molar-refractivity contribution in [3.63, 3.8) is 0 Å². The van der Waals surface area contributed by atoms with Crippen LogP contribution in [-0.4, -0.2) is 12.1 Å². The van der Waals surface area contributed by atoms with Crippen molar-refractivity contribution in [3.05, 3.63) is 264 Å². The summed E-state index contributed by atoms with van der Waals surface area (Å²) in [5, 5.41) is 2.54. The van der Waals surface area contributed by atoms with Gasteiger partial charge < -0.3 is 4.90 Å². The third kappa shape index (κ3) is 6.09. The van der Waals surface area contributed by atoms with Crippen LogP contribution in [0, 0.1) is 0 Å². The van der Waals surface area contributed by atoms with E-state index >= 15 is 0 Å². The summed E-state index contributed by atoms with van der Waals surface area (Å²) in [4.78, 5) is 2.62. The van der Waals surface area contributed by atoms with Gasteiger partial charge in [0.2, 0.25) is 0 Å². The molecule has 60 heavy (non-hydrogen) atoms. The van der Waals surface area contributed by atoms with Crippen molar-refractivity contribution < 1.29 is 0 Å². The van der Waals surface area contributed by atoms with Gasteiger partial charge in [-0.2, -0.15) is 0 Å². The van der Waals surface area contributed by atoms with Gasteiger partial charge in [0, 0.05) is 5.69 Å². The maximum atomic E-state index is 2.62. The molecule has 1 heteroatoms. The molecule has 0 fully saturated rings. The fraction of sp³-hybridized carbons (Fsp3) is 0.0847. The van der Waals surface area contributed by atoms with E-state index in [0.717, 1.165) is 12.8 Å². The van der Waals surface area contributed by atoms with E-state index in [0.29, 0.717) is 0 Å². The summed E-state index contributed by atoms with van der Waals surface area (Å²) in [5.74, 6) is 0. The molecule has 11 rings (SSSR count). The minimum absolute atomic E-state index is 0.231. The predicted octanol–water partition coefficient (Wildman–Crippen LogP) is 14.6. The van der Waals surface area contributed by atoms with E-state index in [4.69, 9.17) is 0 Å². The molecule has 0 amide bonds. The van der Waals surface area contributed by atoms with Crippen molar-refractivity contribution in [1.29, 1.82) is 0 Å². The minimum atomic E-state index is -0.417. The highest BCUT2D eigenvalue weighted by Gasteiger charge is 2.46. The Hall–Kier alpha value is -7.22. The van der Waals surface area contributed by atoms with Gasteiger partial charge in [-0.05, 0) is 115 Å². The van der Waals surface area contributed by atoms with E-state index in [-0.39, 0.29) is 12.1 Å². The van der Waals surface area contributed by atoms with Crippen LogP contribution in [-0.2, 0) is 5.41 Å². The summed E-state index contributed by atoms with van der Waals surface area (Å²) >= 11 is 0. The van der Waals surface area contributed by atoms with Crippen molar-refractivity contribution in [2.75, 3.05) is 4.90 Å². The first-order valence-corrected chi connectivity index (χ1v) is 21.3. The zero-order valence-corrected chi connectivity index (χ0v) is 33.5. The Bertz CT molecular complexity index is 2940. The summed E-state index contributed by atoms with van der Waals surface area (Å²) in [6, 6.07) is 72.4. The molecular formula is C59H45N. The summed E-state index contributed by atoms with van der Waals surface area (Å²) in [5.41, 5.74) is 16.2. The van der Waals surface area contributed by atoms with Crippen LogP contribution in [0.15, 0.2) is 237 Å². The topological polar surface area (TPSA) is 3.24 Å². The van der Waals surface area contributed by atoms with E-state index < -0.39 is 5.41 Å². The molecule has 3 aliphatic carbocycles. The Kier molecular flexibility index (Phi) is 9.09. The molecule has 0 spiro atoms. The number of hydrogen-bond acceptors (Lipinski definition) is 1. The molecule has 2 atom stereocenters. The van der Waals surface area contributed by atoms with E-state index in [1.807, 2.05) is 0 Å². The lowest BCUT2D eigenvalue weighted by molar-refractivity contribution is 0.617. The van der Waals surface area contributed by atoms with Gasteiger partial charge in [-0.3, -0.25) is 0 Å². The monoisotopic (exact) mass is 767 g/mol. The van der Waals surface area contributed by atoms with E-state index in [1.165, 1.54) is 83.2 Å². The molecule has 286 valence electrons. The van der Waals surface area contributed by atoms with Crippen LogP contribution in [0.2, 0.25) is 0 Å². The van der Waals surface area contributed by atoms with Gasteiger partial charge in [0.05, 0.1) is 17.5 Å². The van der Waals surface area contributed by atoms with Crippen LogP contribution in [0.25, 0.3) is 49.7 Å². The van der Waals surface area contributed by atoms with Crippen molar-refractivity contribution in [2.24, 2.45) is 0 Å². The van der Waals surface area contributed by atoms with Crippen LogP contribution in [0.1, 0.15) is 40.7 Å². The highest BCUT2D eigenvalue weighted by molar-refractivity contribution is 5.96. The van der Waals surface area contributed by atoms with Gasteiger partial charge in [-0.1, -0.05) is 212 Å². The van der Waals surface area contributed by atoms with Crippen LogP contribution in [0.5, 0.6) is 0 Å². The van der Waals surface area contributed by atoms with E-state index in [1.54, 1.807) is 0 Å². The average Bonchev–Trinajstić information content (AvgIpc) is 3.64.